The molecule has 1 N–H and O–H groups in total. The molecule has 1 saturated heterocycles. The van der Waals surface area contributed by atoms with E-state index in [9.17, 15) is 14.9 Å². The van der Waals surface area contributed by atoms with Crippen LogP contribution in [-0.2, 0) is 9.53 Å². The highest BCUT2D eigenvalue weighted by molar-refractivity contribution is 6.32. The molecule has 0 atom stereocenters. The molecule has 1 aromatic heterocycles. The number of hydrogen-bond donors (Lipinski definition) is 1. The predicted molar refractivity (Wildman–Crippen MR) is 98.8 cm³/mol. The fourth-order valence-corrected chi connectivity index (χ4v) is 2.74. The van der Waals surface area contributed by atoms with Crippen molar-refractivity contribution in [2.45, 2.75) is 0 Å². The average Bonchev–Trinajstić information content (AvgIpc) is 3.11. The minimum Gasteiger partial charge on any atom is -0.455 e. The molecule has 10 heteroatoms. The molecule has 0 saturated carbocycles. The Morgan fingerprint density at radius 2 is 2.11 bits per heavy atom. The lowest BCUT2D eigenvalue weighted by Gasteiger charge is -2.25. The normalized spacial score (nSPS) is 15.1. The van der Waals surface area contributed by atoms with Gasteiger partial charge in [-0.3, -0.25) is 19.8 Å². The number of nitro benzene ring substituents is 1. The summed E-state index contributed by atoms with van der Waals surface area (Å²) in [6.45, 7) is 2.92. The van der Waals surface area contributed by atoms with Crippen LogP contribution in [0.2, 0.25) is 5.02 Å². The van der Waals surface area contributed by atoms with E-state index in [1.54, 1.807) is 18.2 Å². The summed E-state index contributed by atoms with van der Waals surface area (Å²) in [5, 5.41) is 14.9. The van der Waals surface area contributed by atoms with E-state index in [-0.39, 0.29) is 23.2 Å². The average molecular weight is 393 g/mol. The minimum atomic E-state index is -0.554. The zero-order valence-corrected chi connectivity index (χ0v) is 15.0. The standard InChI is InChI=1S/C17H17ClN4O5/c18-14-3-1-12(9-15(14)22(24)25)16-4-2-13(27-16)10-19-20-17(23)11-21-5-7-26-8-6-21/h1-4,9-10H,5-8,11H2,(H,20,23)/b19-10-. The second-order valence-electron chi connectivity index (χ2n) is 5.81. The molecule has 1 aliphatic heterocycles. The number of halogens is 1. The van der Waals surface area contributed by atoms with Gasteiger partial charge < -0.3 is 9.15 Å². The summed E-state index contributed by atoms with van der Waals surface area (Å²) in [6, 6.07) is 7.71. The smallest absolute Gasteiger partial charge is 0.288 e. The summed E-state index contributed by atoms with van der Waals surface area (Å²) < 4.78 is 10.8. The molecule has 9 nitrogen and oxygen atoms in total. The number of carbonyl (C=O) groups excluding carboxylic acids is 1. The van der Waals surface area contributed by atoms with Crippen LogP contribution in [0.3, 0.4) is 0 Å². The van der Waals surface area contributed by atoms with Crippen molar-refractivity contribution in [3.05, 3.63) is 51.2 Å². The molecule has 3 rings (SSSR count). The number of carbonyl (C=O) groups is 1. The Hall–Kier alpha value is -2.75. The van der Waals surface area contributed by atoms with Crippen molar-refractivity contribution in [3.8, 4) is 11.3 Å². The lowest BCUT2D eigenvalue weighted by Crippen LogP contribution is -2.42. The molecule has 0 spiro atoms. The van der Waals surface area contributed by atoms with Gasteiger partial charge in [-0.15, -0.1) is 0 Å². The molecular weight excluding hydrogens is 376 g/mol. The van der Waals surface area contributed by atoms with Gasteiger partial charge in [-0.25, -0.2) is 5.43 Å². The zero-order valence-electron chi connectivity index (χ0n) is 14.3. The van der Waals surface area contributed by atoms with Gasteiger partial charge in [0.2, 0.25) is 0 Å². The summed E-state index contributed by atoms with van der Waals surface area (Å²) >= 11 is 5.81. The third kappa shape index (κ3) is 5.13. The number of hydrazone groups is 1. The van der Waals surface area contributed by atoms with E-state index >= 15 is 0 Å². The molecular formula is C17H17ClN4O5. The number of nitro groups is 1. The molecule has 1 fully saturated rings. The second-order valence-corrected chi connectivity index (χ2v) is 6.21. The number of hydrogen-bond acceptors (Lipinski definition) is 7. The summed E-state index contributed by atoms with van der Waals surface area (Å²) in [6.07, 6.45) is 1.37. The SMILES string of the molecule is O=C(CN1CCOCC1)N/N=C\c1ccc(-c2ccc(Cl)c([N+](=O)[O-])c2)o1. The maximum Gasteiger partial charge on any atom is 0.288 e. The third-order valence-electron chi connectivity index (χ3n) is 3.91. The Labute approximate surface area is 159 Å². The molecule has 1 aliphatic rings. The van der Waals surface area contributed by atoms with E-state index in [1.807, 2.05) is 4.90 Å². The van der Waals surface area contributed by atoms with Crippen LogP contribution in [0.4, 0.5) is 5.69 Å². The van der Waals surface area contributed by atoms with Crippen LogP contribution in [0.1, 0.15) is 5.76 Å². The fourth-order valence-electron chi connectivity index (χ4n) is 2.55. The Balaban J connectivity index is 1.59. The van der Waals surface area contributed by atoms with Gasteiger partial charge in [0.1, 0.15) is 16.5 Å². The molecule has 0 aliphatic carbocycles. The largest absolute Gasteiger partial charge is 0.455 e. The zero-order chi connectivity index (χ0) is 19.2. The van der Waals surface area contributed by atoms with Gasteiger partial charge in [0.15, 0.2) is 0 Å². The first-order valence-electron chi connectivity index (χ1n) is 8.19. The van der Waals surface area contributed by atoms with E-state index in [4.69, 9.17) is 20.8 Å². The van der Waals surface area contributed by atoms with Crippen LogP contribution in [0, 0.1) is 10.1 Å². The van der Waals surface area contributed by atoms with Crippen molar-refractivity contribution in [1.29, 1.82) is 0 Å². The van der Waals surface area contributed by atoms with Crippen LogP contribution in [0.15, 0.2) is 39.9 Å². The van der Waals surface area contributed by atoms with Crippen molar-refractivity contribution >= 4 is 29.4 Å². The number of nitrogens with one attached hydrogen (secondary N) is 1. The molecule has 2 heterocycles. The van der Waals surface area contributed by atoms with E-state index < -0.39 is 4.92 Å². The first kappa shape index (κ1) is 19.0. The number of ether oxygens (including phenoxy) is 1. The van der Waals surface area contributed by atoms with Crippen molar-refractivity contribution in [3.63, 3.8) is 0 Å². The van der Waals surface area contributed by atoms with Gasteiger partial charge in [0, 0.05) is 24.7 Å². The molecule has 0 radical (unpaired) electrons. The van der Waals surface area contributed by atoms with E-state index in [1.165, 1.54) is 18.3 Å². The number of benzene rings is 1. The van der Waals surface area contributed by atoms with Crippen LogP contribution in [0.25, 0.3) is 11.3 Å². The highest BCUT2D eigenvalue weighted by Crippen LogP contribution is 2.30. The molecule has 0 bridgehead atoms. The van der Waals surface area contributed by atoms with E-state index in [0.29, 0.717) is 43.4 Å². The molecule has 27 heavy (non-hydrogen) atoms. The number of nitrogens with zero attached hydrogens (tertiary/aromatic N) is 3. The first-order valence-corrected chi connectivity index (χ1v) is 8.57. The van der Waals surface area contributed by atoms with Gasteiger partial charge in [-0.1, -0.05) is 11.6 Å². The summed E-state index contributed by atoms with van der Waals surface area (Å²) in [5.41, 5.74) is 2.76. The molecule has 0 unspecified atom stereocenters. The van der Waals surface area contributed by atoms with Crippen molar-refractivity contribution in [2.24, 2.45) is 5.10 Å². The summed E-state index contributed by atoms with van der Waals surface area (Å²) in [4.78, 5) is 24.2. The molecule has 142 valence electrons. The number of amides is 1. The Kier molecular flexibility index (Phi) is 6.17. The van der Waals surface area contributed by atoms with Crippen LogP contribution in [-0.4, -0.2) is 54.8 Å². The predicted octanol–water partition coefficient (Wildman–Crippen LogP) is 2.29. The van der Waals surface area contributed by atoms with Crippen LogP contribution in [0.5, 0.6) is 0 Å². The maximum absolute atomic E-state index is 11.8. The minimum absolute atomic E-state index is 0.0556. The van der Waals surface area contributed by atoms with Gasteiger partial charge in [0.05, 0.1) is 30.9 Å². The second kappa shape index (κ2) is 8.76. The fraction of sp³-hybridized carbons (Fsp3) is 0.294. The van der Waals surface area contributed by atoms with Crippen LogP contribution < -0.4 is 5.43 Å². The van der Waals surface area contributed by atoms with Gasteiger partial charge >= 0.3 is 0 Å². The van der Waals surface area contributed by atoms with Crippen molar-refractivity contribution in [2.75, 3.05) is 32.8 Å². The quantitative estimate of drug-likeness (QED) is 0.458. The van der Waals surface area contributed by atoms with Crippen molar-refractivity contribution < 1.29 is 18.9 Å². The topological polar surface area (TPSA) is 110 Å². The number of rotatable bonds is 6. The molecule has 1 amide bonds. The highest BCUT2D eigenvalue weighted by Gasteiger charge is 2.15. The number of morpholine rings is 1. The molecule has 2 aromatic rings. The third-order valence-corrected chi connectivity index (χ3v) is 4.23. The maximum atomic E-state index is 11.8. The summed E-state index contributed by atoms with van der Waals surface area (Å²) in [7, 11) is 0. The Bertz CT molecular complexity index is 861. The lowest BCUT2D eigenvalue weighted by molar-refractivity contribution is -0.384. The first-order chi connectivity index (χ1) is 13.0. The van der Waals surface area contributed by atoms with Gasteiger partial charge in [0.25, 0.3) is 11.6 Å². The Morgan fingerprint density at radius 3 is 2.85 bits per heavy atom. The number of furan rings is 1. The van der Waals surface area contributed by atoms with Crippen molar-refractivity contribution in [1.82, 2.24) is 10.3 Å². The van der Waals surface area contributed by atoms with Gasteiger partial charge in [-0.2, -0.15) is 5.10 Å². The van der Waals surface area contributed by atoms with E-state index in [0.717, 1.165) is 0 Å². The van der Waals surface area contributed by atoms with Gasteiger partial charge in [-0.05, 0) is 24.3 Å². The van der Waals surface area contributed by atoms with Crippen LogP contribution >= 0.6 is 11.6 Å². The Morgan fingerprint density at radius 1 is 1.33 bits per heavy atom. The monoisotopic (exact) mass is 392 g/mol. The summed E-state index contributed by atoms with van der Waals surface area (Å²) in [5.74, 6) is 0.596. The highest BCUT2D eigenvalue weighted by atomic mass is 35.5. The lowest BCUT2D eigenvalue weighted by atomic mass is 10.1. The van der Waals surface area contributed by atoms with E-state index in [2.05, 4.69) is 10.5 Å². The molecule has 1 aromatic carbocycles.